The normalized spacial score (nSPS) is 11.8. The first kappa shape index (κ1) is 79.5. The van der Waals surface area contributed by atoms with E-state index in [0.29, 0.717) is 25.7 Å². The van der Waals surface area contributed by atoms with Crippen molar-refractivity contribution in [3.05, 3.63) is 0 Å². The van der Waals surface area contributed by atoms with E-state index in [2.05, 4.69) is 33.0 Å². The van der Waals surface area contributed by atoms with Crippen LogP contribution in [0, 0.1) is 0 Å². The molecule has 0 radical (unpaired) electrons. The highest BCUT2D eigenvalue weighted by Crippen LogP contribution is 2.28. The minimum absolute atomic E-state index is 0.0796. The highest BCUT2D eigenvalue weighted by molar-refractivity contribution is 5.89. The maximum Gasteiger partial charge on any atom is 0.220 e. The number of hydrogen-bond donors (Lipinski definition) is 1. The fourth-order valence-electron chi connectivity index (χ4n) is 12.8. The molecule has 0 saturated heterocycles. The van der Waals surface area contributed by atoms with Crippen LogP contribution in [0.4, 0.5) is 0 Å². The first-order valence-corrected chi connectivity index (χ1v) is 37.7. The molecule has 480 valence electrons. The molecule has 0 fully saturated rings. The predicted octanol–water partition coefficient (Wildman–Crippen LogP) is 25.8. The Morgan fingerprint density at radius 2 is 0.333 bits per heavy atom. The van der Waals surface area contributed by atoms with Crippen molar-refractivity contribution in [2.24, 2.45) is 0 Å². The standard InChI is InChI=1S/C76H147NO4/c1-5-9-13-17-21-25-29-33-37-41-45-49-53-57-61-65-72(78)69-76(70-73(79)66-62-58-54-50-46-42-38-34-30-26-22-18-14-10-6-2,71-74(80)67-63-59-55-51-47-43-39-35-31-27-23-19-15-11-7-3)77-75(81)68-64-60-56-52-48-44-40-36-32-28-24-20-16-12-8-4/h5-71H2,1-4H3,(H,77,81). The molecule has 0 aliphatic heterocycles. The summed E-state index contributed by atoms with van der Waals surface area (Å²) in [4.78, 5) is 56.3. The smallest absolute Gasteiger partial charge is 0.220 e. The predicted molar refractivity (Wildman–Crippen MR) is 358 cm³/mol. The Labute approximate surface area is 508 Å². The van der Waals surface area contributed by atoms with Crippen molar-refractivity contribution in [3.63, 3.8) is 0 Å². The summed E-state index contributed by atoms with van der Waals surface area (Å²) >= 11 is 0. The maximum absolute atomic E-state index is 14.1. The summed E-state index contributed by atoms with van der Waals surface area (Å²) in [5.41, 5.74) is -1.11. The van der Waals surface area contributed by atoms with Crippen LogP contribution in [0.2, 0.25) is 0 Å². The molecular formula is C76H147NO4. The van der Waals surface area contributed by atoms with Crippen LogP contribution >= 0.6 is 0 Å². The summed E-state index contributed by atoms with van der Waals surface area (Å²) in [6.07, 6.45) is 79.0. The average molecular weight is 1140 g/mol. The third-order valence-corrected chi connectivity index (χ3v) is 18.2. The number of unbranched alkanes of at least 4 members (excludes halogenated alkanes) is 56. The number of amides is 1. The van der Waals surface area contributed by atoms with E-state index in [-0.39, 0.29) is 42.5 Å². The fraction of sp³-hybridized carbons (Fsp3) is 0.947. The lowest BCUT2D eigenvalue weighted by atomic mass is 9.80. The molecule has 5 heteroatoms. The van der Waals surface area contributed by atoms with Crippen molar-refractivity contribution >= 4 is 23.3 Å². The maximum atomic E-state index is 14.1. The Kier molecular flexibility index (Phi) is 64.8. The van der Waals surface area contributed by atoms with Gasteiger partial charge in [-0.25, -0.2) is 0 Å². The topological polar surface area (TPSA) is 80.3 Å². The van der Waals surface area contributed by atoms with Crippen LogP contribution in [-0.2, 0) is 19.2 Å². The van der Waals surface area contributed by atoms with Crippen LogP contribution in [0.5, 0.6) is 0 Å². The molecule has 0 bridgehead atoms. The van der Waals surface area contributed by atoms with Crippen LogP contribution in [-0.4, -0.2) is 28.8 Å². The Balaban J connectivity index is 5.44. The van der Waals surface area contributed by atoms with Crippen molar-refractivity contribution < 1.29 is 19.2 Å². The monoisotopic (exact) mass is 1140 g/mol. The summed E-state index contributed by atoms with van der Waals surface area (Å²) in [6, 6.07) is 0. The second-order valence-electron chi connectivity index (χ2n) is 26.8. The van der Waals surface area contributed by atoms with Crippen molar-refractivity contribution in [2.45, 2.75) is 463 Å². The summed E-state index contributed by atoms with van der Waals surface area (Å²) in [7, 11) is 0. The van der Waals surface area contributed by atoms with E-state index in [1.54, 1.807) is 0 Å². The Bertz CT molecular complexity index is 1110. The van der Waals surface area contributed by atoms with Gasteiger partial charge < -0.3 is 5.32 Å². The lowest BCUT2D eigenvalue weighted by Gasteiger charge is -2.34. The summed E-state index contributed by atoms with van der Waals surface area (Å²) in [6.45, 7) is 9.15. The number of nitrogens with one attached hydrogen (secondary N) is 1. The van der Waals surface area contributed by atoms with Gasteiger partial charge in [0.1, 0.15) is 17.3 Å². The van der Waals surface area contributed by atoms with Crippen LogP contribution in [0.15, 0.2) is 0 Å². The molecule has 5 nitrogen and oxygen atoms in total. The highest BCUT2D eigenvalue weighted by Gasteiger charge is 2.38. The van der Waals surface area contributed by atoms with E-state index in [4.69, 9.17) is 0 Å². The van der Waals surface area contributed by atoms with Crippen LogP contribution in [0.1, 0.15) is 458 Å². The van der Waals surface area contributed by atoms with Gasteiger partial charge in [-0.05, 0) is 25.7 Å². The zero-order valence-corrected chi connectivity index (χ0v) is 56.0. The van der Waals surface area contributed by atoms with E-state index in [0.717, 1.165) is 77.0 Å². The minimum Gasteiger partial charge on any atom is -0.349 e. The average Bonchev–Trinajstić information content (AvgIpc) is 3.45. The second-order valence-corrected chi connectivity index (χ2v) is 26.8. The Morgan fingerprint density at radius 3 is 0.494 bits per heavy atom. The van der Waals surface area contributed by atoms with E-state index < -0.39 is 5.54 Å². The number of rotatable bonds is 71. The molecule has 1 N–H and O–H groups in total. The van der Waals surface area contributed by atoms with Gasteiger partial charge in [0.2, 0.25) is 5.91 Å². The van der Waals surface area contributed by atoms with Gasteiger partial charge in [0.25, 0.3) is 0 Å². The number of carbonyl (C=O) groups excluding carboxylic acids is 4. The highest BCUT2D eigenvalue weighted by atomic mass is 16.2. The number of carbonyl (C=O) groups is 4. The van der Waals surface area contributed by atoms with Crippen molar-refractivity contribution in [1.82, 2.24) is 5.32 Å². The first-order chi connectivity index (χ1) is 39.8. The largest absolute Gasteiger partial charge is 0.349 e. The zero-order chi connectivity index (χ0) is 58.9. The third kappa shape index (κ3) is 61.4. The Hall–Kier alpha value is -1.52. The van der Waals surface area contributed by atoms with Crippen molar-refractivity contribution in [1.29, 1.82) is 0 Å². The minimum atomic E-state index is -1.11. The van der Waals surface area contributed by atoms with Gasteiger partial charge in [-0.3, -0.25) is 19.2 Å². The molecule has 0 aromatic carbocycles. The summed E-state index contributed by atoms with van der Waals surface area (Å²) in [5, 5.41) is 3.33. The number of Topliss-reactive ketones (excluding diaryl/α,β-unsaturated/α-hetero) is 3. The molecule has 0 spiro atoms. The number of hydrogen-bond acceptors (Lipinski definition) is 4. The molecule has 0 heterocycles. The molecule has 0 saturated carbocycles. The van der Waals surface area contributed by atoms with Crippen molar-refractivity contribution in [3.8, 4) is 0 Å². The molecule has 0 atom stereocenters. The molecule has 0 aromatic heterocycles. The van der Waals surface area contributed by atoms with Crippen molar-refractivity contribution in [2.75, 3.05) is 0 Å². The third-order valence-electron chi connectivity index (χ3n) is 18.2. The number of ketones is 3. The van der Waals surface area contributed by atoms with Gasteiger partial charge >= 0.3 is 0 Å². The van der Waals surface area contributed by atoms with Gasteiger partial charge in [-0.2, -0.15) is 0 Å². The fourth-order valence-corrected chi connectivity index (χ4v) is 12.8. The molecule has 0 unspecified atom stereocenters. The molecule has 0 aliphatic carbocycles. The molecular weight excluding hydrogens is 991 g/mol. The van der Waals surface area contributed by atoms with Gasteiger partial charge in [-0.1, -0.05) is 387 Å². The van der Waals surface area contributed by atoms with E-state index in [1.807, 2.05) is 0 Å². The van der Waals surface area contributed by atoms with E-state index in [9.17, 15) is 19.2 Å². The molecule has 81 heavy (non-hydrogen) atoms. The van der Waals surface area contributed by atoms with E-state index >= 15 is 0 Å². The SMILES string of the molecule is CCCCCCCCCCCCCCCCCC(=O)CC(CC(=O)CCCCCCCCCCCCCCCCC)(CC(=O)CCCCCCCCCCCCCCCCC)NC(=O)CCCCCCCCCCCCCCCCC. The molecule has 0 aromatic rings. The van der Waals surface area contributed by atoms with Gasteiger partial charge in [0, 0.05) is 44.9 Å². The lowest BCUT2D eigenvalue weighted by Crippen LogP contribution is -2.52. The summed E-state index contributed by atoms with van der Waals surface area (Å²) < 4.78 is 0. The quantitative estimate of drug-likeness (QED) is 0.0616. The molecule has 0 rings (SSSR count). The Morgan fingerprint density at radius 1 is 0.198 bits per heavy atom. The zero-order valence-electron chi connectivity index (χ0n) is 56.0. The summed E-state index contributed by atoms with van der Waals surface area (Å²) in [5.74, 6) is 0.244. The van der Waals surface area contributed by atoms with Gasteiger partial charge in [-0.15, -0.1) is 0 Å². The molecule has 0 aliphatic rings. The van der Waals surface area contributed by atoms with Crippen LogP contribution in [0.25, 0.3) is 0 Å². The van der Waals surface area contributed by atoms with Gasteiger partial charge in [0.15, 0.2) is 0 Å². The van der Waals surface area contributed by atoms with Crippen LogP contribution in [0.3, 0.4) is 0 Å². The van der Waals surface area contributed by atoms with Gasteiger partial charge in [0.05, 0.1) is 5.54 Å². The molecule has 1 amide bonds. The van der Waals surface area contributed by atoms with Crippen LogP contribution < -0.4 is 5.32 Å². The first-order valence-electron chi connectivity index (χ1n) is 37.7. The lowest BCUT2D eigenvalue weighted by molar-refractivity contribution is -0.129. The van der Waals surface area contributed by atoms with E-state index in [1.165, 1.54) is 308 Å². The second kappa shape index (κ2) is 66.0.